The van der Waals surface area contributed by atoms with E-state index < -0.39 is 6.61 Å². The monoisotopic (exact) mass is 283 g/mol. The third kappa shape index (κ3) is 4.17. The Morgan fingerprint density at radius 3 is 2.40 bits per heavy atom. The fourth-order valence-corrected chi connectivity index (χ4v) is 2.65. The molecule has 2 rings (SSSR count). The molecule has 1 atom stereocenters. The second-order valence-corrected chi connectivity index (χ2v) is 5.80. The number of hydrogen-bond donors (Lipinski definition) is 1. The minimum Gasteiger partial charge on any atom is -0.435 e. The van der Waals surface area contributed by atoms with E-state index >= 15 is 0 Å². The summed E-state index contributed by atoms with van der Waals surface area (Å²) in [6.45, 7) is 2.60. The lowest BCUT2D eigenvalue weighted by Gasteiger charge is -2.20. The largest absolute Gasteiger partial charge is 0.435 e. The van der Waals surface area contributed by atoms with E-state index in [4.69, 9.17) is 0 Å². The Morgan fingerprint density at radius 2 is 1.90 bits per heavy atom. The molecule has 2 nitrogen and oxygen atoms in total. The first-order valence-electron chi connectivity index (χ1n) is 7.33. The zero-order valence-electron chi connectivity index (χ0n) is 12.2. The van der Waals surface area contributed by atoms with E-state index in [1.54, 1.807) is 12.1 Å². The van der Waals surface area contributed by atoms with Crippen molar-refractivity contribution in [1.29, 1.82) is 0 Å². The highest BCUT2D eigenvalue weighted by Gasteiger charge is 2.41. The van der Waals surface area contributed by atoms with E-state index in [1.165, 1.54) is 25.7 Å². The third-order valence-corrected chi connectivity index (χ3v) is 4.13. The summed E-state index contributed by atoms with van der Waals surface area (Å²) in [6.07, 6.45) is 5.16. The smallest absolute Gasteiger partial charge is 0.387 e. The predicted molar refractivity (Wildman–Crippen MR) is 76.1 cm³/mol. The Balaban J connectivity index is 1.84. The van der Waals surface area contributed by atoms with E-state index in [9.17, 15) is 8.78 Å². The Morgan fingerprint density at radius 1 is 1.25 bits per heavy atom. The molecule has 0 spiro atoms. The van der Waals surface area contributed by atoms with E-state index in [1.807, 2.05) is 12.1 Å². The van der Waals surface area contributed by atoms with Gasteiger partial charge >= 0.3 is 6.61 Å². The number of benzene rings is 1. The molecule has 0 saturated heterocycles. The van der Waals surface area contributed by atoms with Crippen molar-refractivity contribution in [1.82, 2.24) is 5.32 Å². The standard InChI is InChI=1S/C16H23F2NO/c1-3-8-16(9-10-16)11-19-12(2)13-4-6-14(7-5-13)20-15(17)18/h4-7,12,15,19H,3,8-11H2,1-2H3. The van der Waals surface area contributed by atoms with Crippen molar-refractivity contribution in [3.8, 4) is 5.75 Å². The van der Waals surface area contributed by atoms with Gasteiger partial charge in [0.15, 0.2) is 0 Å². The molecule has 1 unspecified atom stereocenters. The van der Waals surface area contributed by atoms with Gasteiger partial charge in [-0.2, -0.15) is 8.78 Å². The Hall–Kier alpha value is -1.16. The van der Waals surface area contributed by atoms with Gasteiger partial charge in [0.1, 0.15) is 5.75 Å². The Labute approximate surface area is 119 Å². The van der Waals surface area contributed by atoms with Crippen LogP contribution in [0, 0.1) is 5.41 Å². The summed E-state index contributed by atoms with van der Waals surface area (Å²) in [5, 5.41) is 3.56. The molecule has 0 aromatic heterocycles. The average molecular weight is 283 g/mol. The van der Waals surface area contributed by atoms with Crippen LogP contribution in [0.25, 0.3) is 0 Å². The zero-order chi connectivity index (χ0) is 14.6. The van der Waals surface area contributed by atoms with Gasteiger partial charge in [-0.15, -0.1) is 0 Å². The molecular weight excluding hydrogens is 260 g/mol. The van der Waals surface area contributed by atoms with Crippen LogP contribution < -0.4 is 10.1 Å². The van der Waals surface area contributed by atoms with E-state index in [-0.39, 0.29) is 11.8 Å². The van der Waals surface area contributed by atoms with Crippen LogP contribution in [0.3, 0.4) is 0 Å². The van der Waals surface area contributed by atoms with Crippen molar-refractivity contribution in [3.63, 3.8) is 0 Å². The summed E-state index contributed by atoms with van der Waals surface area (Å²) < 4.78 is 28.5. The molecule has 1 aliphatic rings. The maximum atomic E-state index is 12.1. The molecule has 1 aliphatic carbocycles. The van der Waals surface area contributed by atoms with Gasteiger partial charge in [0.25, 0.3) is 0 Å². The van der Waals surface area contributed by atoms with Gasteiger partial charge in [-0.25, -0.2) is 0 Å². The summed E-state index contributed by atoms with van der Waals surface area (Å²) in [6, 6.07) is 7.10. The molecule has 1 saturated carbocycles. The van der Waals surface area contributed by atoms with Crippen molar-refractivity contribution in [2.45, 2.75) is 52.2 Å². The fourth-order valence-electron chi connectivity index (χ4n) is 2.65. The Kier molecular flexibility index (Phi) is 4.97. The van der Waals surface area contributed by atoms with Crippen LogP contribution in [0.2, 0.25) is 0 Å². The van der Waals surface area contributed by atoms with Crippen LogP contribution >= 0.6 is 0 Å². The summed E-state index contributed by atoms with van der Waals surface area (Å²) in [5.74, 6) is 0.209. The molecule has 112 valence electrons. The number of nitrogens with one attached hydrogen (secondary N) is 1. The van der Waals surface area contributed by atoms with Gasteiger partial charge in [-0.3, -0.25) is 0 Å². The number of ether oxygens (including phenoxy) is 1. The third-order valence-electron chi connectivity index (χ3n) is 4.13. The number of alkyl halides is 2. The molecule has 1 fully saturated rings. The first-order chi connectivity index (χ1) is 9.54. The van der Waals surface area contributed by atoms with Crippen molar-refractivity contribution in [3.05, 3.63) is 29.8 Å². The molecule has 0 amide bonds. The van der Waals surface area contributed by atoms with Gasteiger partial charge in [-0.05, 0) is 49.3 Å². The molecule has 0 radical (unpaired) electrons. The lowest BCUT2D eigenvalue weighted by molar-refractivity contribution is -0.0498. The van der Waals surface area contributed by atoms with Gasteiger partial charge in [0.05, 0.1) is 0 Å². The van der Waals surface area contributed by atoms with Crippen molar-refractivity contribution < 1.29 is 13.5 Å². The highest BCUT2D eigenvalue weighted by Crippen LogP contribution is 2.49. The van der Waals surface area contributed by atoms with E-state index in [2.05, 4.69) is 23.9 Å². The second-order valence-electron chi connectivity index (χ2n) is 5.80. The molecule has 0 bridgehead atoms. The van der Waals surface area contributed by atoms with Crippen LogP contribution in [0.15, 0.2) is 24.3 Å². The molecule has 1 aromatic carbocycles. The predicted octanol–water partition coefficient (Wildman–Crippen LogP) is 4.52. The lowest BCUT2D eigenvalue weighted by atomic mass is 9.99. The lowest BCUT2D eigenvalue weighted by Crippen LogP contribution is -2.26. The topological polar surface area (TPSA) is 21.3 Å². The van der Waals surface area contributed by atoms with Crippen LogP contribution in [-0.4, -0.2) is 13.2 Å². The molecular formula is C16H23F2NO. The molecule has 0 heterocycles. The maximum Gasteiger partial charge on any atom is 0.387 e. The highest BCUT2D eigenvalue weighted by molar-refractivity contribution is 5.29. The number of rotatable bonds is 8. The normalized spacial score (nSPS) is 18.1. The average Bonchev–Trinajstić information content (AvgIpc) is 3.17. The van der Waals surface area contributed by atoms with Crippen molar-refractivity contribution >= 4 is 0 Å². The first-order valence-corrected chi connectivity index (χ1v) is 7.33. The number of halogens is 2. The second kappa shape index (κ2) is 6.53. The molecule has 4 heteroatoms. The zero-order valence-corrected chi connectivity index (χ0v) is 12.2. The van der Waals surface area contributed by atoms with Crippen LogP contribution in [0.5, 0.6) is 5.75 Å². The SMILES string of the molecule is CCCC1(CNC(C)c2ccc(OC(F)F)cc2)CC1. The van der Waals surface area contributed by atoms with E-state index in [0.717, 1.165) is 12.1 Å². The van der Waals surface area contributed by atoms with E-state index in [0.29, 0.717) is 5.41 Å². The molecule has 1 N–H and O–H groups in total. The summed E-state index contributed by atoms with van der Waals surface area (Å²) >= 11 is 0. The van der Waals surface area contributed by atoms with Gasteiger partial charge in [-0.1, -0.05) is 25.5 Å². The summed E-state index contributed by atoms with van der Waals surface area (Å²) in [5.41, 5.74) is 1.61. The Bertz CT molecular complexity index is 415. The molecule has 1 aromatic rings. The first kappa shape index (κ1) is 15.2. The van der Waals surface area contributed by atoms with Crippen LogP contribution in [-0.2, 0) is 0 Å². The van der Waals surface area contributed by atoms with Gasteiger partial charge in [0.2, 0.25) is 0 Å². The van der Waals surface area contributed by atoms with Gasteiger partial charge < -0.3 is 10.1 Å². The van der Waals surface area contributed by atoms with Crippen molar-refractivity contribution in [2.24, 2.45) is 5.41 Å². The molecule has 20 heavy (non-hydrogen) atoms. The summed E-state index contributed by atoms with van der Waals surface area (Å²) in [4.78, 5) is 0. The van der Waals surface area contributed by atoms with Crippen LogP contribution in [0.1, 0.15) is 51.1 Å². The number of hydrogen-bond acceptors (Lipinski definition) is 2. The summed E-state index contributed by atoms with van der Waals surface area (Å²) in [7, 11) is 0. The maximum absolute atomic E-state index is 12.1. The quantitative estimate of drug-likeness (QED) is 0.757. The molecule has 0 aliphatic heterocycles. The minimum absolute atomic E-state index is 0.209. The van der Waals surface area contributed by atoms with Gasteiger partial charge in [0, 0.05) is 12.6 Å². The fraction of sp³-hybridized carbons (Fsp3) is 0.625. The highest BCUT2D eigenvalue weighted by atomic mass is 19.3. The minimum atomic E-state index is -2.76. The van der Waals surface area contributed by atoms with Crippen LogP contribution in [0.4, 0.5) is 8.78 Å². The van der Waals surface area contributed by atoms with Crippen molar-refractivity contribution in [2.75, 3.05) is 6.54 Å².